The highest BCUT2D eigenvalue weighted by molar-refractivity contribution is 8.29. The van der Waals surface area contributed by atoms with Gasteiger partial charge in [-0.2, -0.15) is 21.6 Å². The van der Waals surface area contributed by atoms with Crippen LogP contribution in [0.15, 0.2) is 0 Å². The first kappa shape index (κ1) is 20.0. The van der Waals surface area contributed by atoms with Crippen molar-refractivity contribution in [3.05, 3.63) is 0 Å². The lowest BCUT2D eigenvalue weighted by molar-refractivity contribution is -0.0546. The molecule has 20 heavy (non-hydrogen) atoms. The Labute approximate surface area is 120 Å². The summed E-state index contributed by atoms with van der Waals surface area (Å²) < 4.78 is 66.8. The molecule has 0 radical (unpaired) electrons. The summed E-state index contributed by atoms with van der Waals surface area (Å²) >= 11 is 0. The molecule has 0 saturated carbocycles. The molecule has 0 aliphatic carbocycles. The predicted molar refractivity (Wildman–Crippen MR) is 75.2 cm³/mol. The summed E-state index contributed by atoms with van der Waals surface area (Å²) in [4.78, 5) is 0. The Morgan fingerprint density at radius 2 is 1.40 bits per heavy atom. The maximum absolute atomic E-state index is 12.0. The first-order valence-corrected chi connectivity index (χ1v) is 9.76. The van der Waals surface area contributed by atoms with Crippen molar-refractivity contribution in [2.24, 2.45) is 5.92 Å². The average Bonchev–Trinajstić information content (AvgIpc) is 2.22. The second kappa shape index (κ2) is 6.41. The van der Waals surface area contributed by atoms with Crippen molar-refractivity contribution in [2.45, 2.75) is 38.0 Å². The van der Waals surface area contributed by atoms with E-state index in [1.807, 2.05) is 40.2 Å². The van der Waals surface area contributed by atoms with Crippen molar-refractivity contribution in [1.29, 1.82) is 0 Å². The predicted octanol–water partition coefficient (Wildman–Crippen LogP) is 3.28. The lowest BCUT2D eigenvalue weighted by Crippen LogP contribution is -2.35. The van der Waals surface area contributed by atoms with Crippen LogP contribution in [-0.4, -0.2) is 44.4 Å². The van der Waals surface area contributed by atoms with Crippen LogP contribution in [-0.2, 0) is 18.5 Å². The Bertz CT molecular complexity index is 414. The van der Waals surface area contributed by atoms with Gasteiger partial charge in [-0.25, -0.2) is 0 Å². The average molecular weight is 340 g/mol. The zero-order valence-corrected chi connectivity index (χ0v) is 14.2. The monoisotopic (exact) mass is 340 g/mol. The molecule has 0 atom stereocenters. The third-order valence-electron chi connectivity index (χ3n) is 3.64. The maximum Gasteiger partial charge on any atom is 0.523 e. The van der Waals surface area contributed by atoms with Crippen LogP contribution in [0.5, 0.6) is 0 Å². The summed E-state index contributed by atoms with van der Waals surface area (Å²) in [6, 6.07) is 0. The van der Waals surface area contributed by atoms with E-state index >= 15 is 0 Å². The fourth-order valence-electron chi connectivity index (χ4n) is 1.17. The Morgan fingerprint density at radius 1 is 1.00 bits per heavy atom. The maximum atomic E-state index is 12.0. The highest BCUT2D eigenvalue weighted by Gasteiger charge is 2.47. The molecular weight excluding hydrogens is 317 g/mol. The largest absolute Gasteiger partial charge is 0.523 e. The van der Waals surface area contributed by atoms with Crippen LogP contribution in [0.3, 0.4) is 0 Å². The van der Waals surface area contributed by atoms with Gasteiger partial charge in [0.05, 0.1) is 13.2 Å². The van der Waals surface area contributed by atoms with Gasteiger partial charge in [0, 0.05) is 4.75 Å². The smallest absolute Gasteiger partial charge is 0.334 e. The molecule has 0 amide bonds. The zero-order valence-electron chi connectivity index (χ0n) is 12.6. The lowest BCUT2D eigenvalue weighted by Gasteiger charge is -2.48. The Hall–Kier alpha value is 0.01000. The summed E-state index contributed by atoms with van der Waals surface area (Å²) in [5, 5.41) is 0. The van der Waals surface area contributed by atoms with Gasteiger partial charge in [-0.3, -0.25) is 4.18 Å². The number of rotatable bonds is 7. The molecule has 0 aromatic heterocycles. The molecule has 9 heteroatoms. The molecule has 0 N–H and O–H groups in total. The lowest BCUT2D eigenvalue weighted by atomic mass is 10.00. The van der Waals surface area contributed by atoms with Gasteiger partial charge in [0.15, 0.2) is 0 Å². The zero-order chi connectivity index (χ0) is 16.4. The van der Waals surface area contributed by atoms with Crippen LogP contribution in [0.1, 0.15) is 27.7 Å². The first-order valence-electron chi connectivity index (χ1n) is 5.98. The molecule has 0 heterocycles. The van der Waals surface area contributed by atoms with E-state index in [0.29, 0.717) is 5.92 Å². The van der Waals surface area contributed by atoms with Crippen molar-refractivity contribution in [2.75, 3.05) is 25.7 Å². The number of hydrogen-bond acceptors (Lipinski definition) is 4. The molecular formula is C11H23F3O4S2. The molecule has 0 aliphatic rings. The van der Waals surface area contributed by atoms with Crippen LogP contribution in [0.4, 0.5) is 13.2 Å². The second-order valence-corrected chi connectivity index (χ2v) is 10.9. The molecule has 0 fully saturated rings. The van der Waals surface area contributed by atoms with Gasteiger partial charge in [0.1, 0.15) is 0 Å². The van der Waals surface area contributed by atoms with Crippen LogP contribution in [0, 0.1) is 5.92 Å². The number of alkyl halides is 3. The molecule has 4 nitrogen and oxygen atoms in total. The SMILES string of the molecule is CC(C)C(C)(C)S(C)(C)OCCOS(=O)(=O)C(F)(F)F. The van der Waals surface area contributed by atoms with Crippen molar-refractivity contribution >= 4 is 20.4 Å². The molecule has 0 aromatic carbocycles. The minimum absolute atomic E-state index is 0.157. The number of halogens is 3. The van der Waals surface area contributed by atoms with Gasteiger partial charge < -0.3 is 4.18 Å². The van der Waals surface area contributed by atoms with Gasteiger partial charge >= 0.3 is 15.6 Å². The summed E-state index contributed by atoms with van der Waals surface area (Å²) in [5.74, 6) is 0.312. The normalized spacial score (nSPS) is 15.7. The van der Waals surface area contributed by atoms with E-state index in [1.165, 1.54) is 0 Å². The number of hydrogen-bond donors (Lipinski definition) is 0. The Balaban J connectivity index is 4.47. The molecule has 0 aliphatic heterocycles. The molecule has 0 bridgehead atoms. The van der Waals surface area contributed by atoms with Gasteiger partial charge in [-0.1, -0.05) is 13.8 Å². The van der Waals surface area contributed by atoms with Crippen molar-refractivity contribution < 1.29 is 30.0 Å². The van der Waals surface area contributed by atoms with E-state index in [2.05, 4.69) is 4.18 Å². The van der Waals surface area contributed by atoms with Crippen molar-refractivity contribution in [3.8, 4) is 0 Å². The summed E-state index contributed by atoms with van der Waals surface area (Å²) in [7, 11) is -7.11. The van der Waals surface area contributed by atoms with E-state index in [4.69, 9.17) is 4.18 Å². The minimum Gasteiger partial charge on any atom is -0.334 e. The quantitative estimate of drug-likeness (QED) is 0.405. The fourth-order valence-corrected chi connectivity index (χ4v) is 3.52. The van der Waals surface area contributed by atoms with Gasteiger partial charge in [0.2, 0.25) is 0 Å². The second-order valence-electron chi connectivity index (χ2n) is 5.54. The fraction of sp³-hybridized carbons (Fsp3) is 1.00. The first-order chi connectivity index (χ1) is 8.65. The summed E-state index contributed by atoms with van der Waals surface area (Å²) in [6.07, 6.45) is 3.79. The van der Waals surface area contributed by atoms with Gasteiger partial charge in [0.25, 0.3) is 0 Å². The van der Waals surface area contributed by atoms with Crippen LogP contribution in [0.2, 0.25) is 0 Å². The van der Waals surface area contributed by atoms with E-state index in [-0.39, 0.29) is 11.4 Å². The summed E-state index contributed by atoms with van der Waals surface area (Å²) in [5.41, 5.74) is -5.40. The van der Waals surface area contributed by atoms with Crippen LogP contribution in [0.25, 0.3) is 0 Å². The molecule has 0 aromatic rings. The van der Waals surface area contributed by atoms with E-state index in [1.54, 1.807) is 0 Å². The molecule has 0 spiro atoms. The van der Waals surface area contributed by atoms with Gasteiger partial charge in [-0.05, 0) is 32.3 Å². The highest BCUT2D eigenvalue weighted by Crippen LogP contribution is 2.57. The van der Waals surface area contributed by atoms with E-state index in [0.717, 1.165) is 0 Å². The van der Waals surface area contributed by atoms with E-state index < -0.39 is 32.5 Å². The van der Waals surface area contributed by atoms with Crippen molar-refractivity contribution in [3.63, 3.8) is 0 Å². The van der Waals surface area contributed by atoms with E-state index in [9.17, 15) is 21.6 Å². The summed E-state index contributed by atoms with van der Waals surface area (Å²) in [6.45, 7) is 7.24. The Morgan fingerprint density at radius 3 is 1.75 bits per heavy atom. The molecule has 0 saturated heterocycles. The van der Waals surface area contributed by atoms with Gasteiger partial charge in [-0.15, -0.1) is 10.3 Å². The standard InChI is InChI=1S/C11H23F3O4S2/c1-9(2)10(3,4)19(5,6)17-7-8-18-20(15,16)11(12,13)14/h9H,7-8H2,1-6H3. The third-order valence-corrected chi connectivity index (χ3v) is 8.45. The molecule has 0 unspecified atom stereocenters. The Kier molecular flexibility index (Phi) is 6.42. The molecule has 0 rings (SSSR count). The highest BCUT2D eigenvalue weighted by atomic mass is 32.3. The topological polar surface area (TPSA) is 52.6 Å². The van der Waals surface area contributed by atoms with Crippen LogP contribution >= 0.6 is 10.3 Å². The minimum atomic E-state index is -5.54. The third kappa shape index (κ3) is 4.78. The molecule has 124 valence electrons. The van der Waals surface area contributed by atoms with Crippen molar-refractivity contribution in [1.82, 2.24) is 0 Å². The van der Waals surface area contributed by atoms with Crippen LogP contribution < -0.4 is 0 Å².